The topological polar surface area (TPSA) is 194 Å². The molecule has 3 saturated heterocycles. The minimum Gasteiger partial charge on any atom is -0.460 e. The second-order valence-corrected chi connectivity index (χ2v) is 21.2. The number of ether oxygens (including phenoxy) is 7. The van der Waals surface area contributed by atoms with Crippen molar-refractivity contribution in [3.05, 3.63) is 47.6 Å². The number of methoxy groups -OCH3 is 3. The van der Waals surface area contributed by atoms with Crippen LogP contribution in [0, 0.1) is 35.5 Å². The summed E-state index contributed by atoms with van der Waals surface area (Å²) in [6, 6.07) is -1.13. The Balaban J connectivity index is 1.45. The molecule has 5 aliphatic rings. The van der Waals surface area contributed by atoms with Crippen molar-refractivity contribution in [2.24, 2.45) is 35.5 Å². The van der Waals surface area contributed by atoms with E-state index in [1.807, 2.05) is 58.1 Å². The Labute approximate surface area is 417 Å². The molecule has 0 radical (unpaired) electrons. The highest BCUT2D eigenvalue weighted by molar-refractivity contribution is 6.39. The maximum atomic E-state index is 14.5. The molecule has 4 heterocycles. The first kappa shape index (κ1) is 57.5. The summed E-state index contributed by atoms with van der Waals surface area (Å²) in [6.07, 6.45) is 13.4. The van der Waals surface area contributed by atoms with E-state index in [0.29, 0.717) is 70.2 Å². The molecule has 2 bridgehead atoms. The summed E-state index contributed by atoms with van der Waals surface area (Å²) in [5.74, 6) is -7.80. The van der Waals surface area contributed by atoms with Crippen LogP contribution in [0.3, 0.4) is 0 Å². The zero-order valence-electron chi connectivity index (χ0n) is 43.7. The van der Waals surface area contributed by atoms with Crippen molar-refractivity contribution >= 4 is 29.2 Å². The second-order valence-electron chi connectivity index (χ2n) is 21.2. The van der Waals surface area contributed by atoms with Gasteiger partial charge in [0.25, 0.3) is 11.7 Å². The highest BCUT2D eigenvalue weighted by atomic mass is 16.6. The maximum Gasteiger partial charge on any atom is 0.329 e. The Hall–Kier alpha value is -3.41. The Morgan fingerprint density at radius 1 is 0.843 bits per heavy atom. The largest absolute Gasteiger partial charge is 0.460 e. The first-order chi connectivity index (χ1) is 33.3. The highest BCUT2D eigenvalue weighted by Gasteiger charge is 2.53. The molecule has 0 aromatic heterocycles. The molecule has 4 aliphatic heterocycles. The number of Topliss-reactive ketones (excluding diaryl/α,β-unsaturated/α-hetero) is 3. The molecule has 6 unspecified atom stereocenters. The van der Waals surface area contributed by atoms with Gasteiger partial charge in [0.15, 0.2) is 5.78 Å². The number of aliphatic hydroxyl groups is 2. The van der Waals surface area contributed by atoms with Crippen molar-refractivity contribution in [2.45, 2.75) is 193 Å². The summed E-state index contributed by atoms with van der Waals surface area (Å²) in [7, 11) is 4.66. The minimum absolute atomic E-state index is 0.0207. The van der Waals surface area contributed by atoms with E-state index in [-0.39, 0.29) is 67.0 Å². The van der Waals surface area contributed by atoms with Gasteiger partial charge in [-0.25, -0.2) is 4.79 Å². The molecule has 394 valence electrons. The van der Waals surface area contributed by atoms with Crippen molar-refractivity contribution in [1.82, 2.24) is 4.90 Å². The molecule has 0 aromatic carbocycles. The molecule has 15 heteroatoms. The SMILES string of the molecule is COC1C[C@@H]2CC[C@@H](C)[C@@](O)(O2)C(=O)C(=O)N2CCCC[C@H]2C(=O)O[C@H]([C@@H](C)CC2CCC(OC3CCOC3)C(OC)C2)CC(=O)[C@H](C)/C=C(\C)C(O)[C@@H](OC)C(=O)[C@H](C)C[C@H](C)/C=C/C=CC=C1C. The number of carbonyl (C=O) groups is 5. The van der Waals surface area contributed by atoms with Gasteiger partial charge in [0, 0.05) is 65.1 Å². The summed E-state index contributed by atoms with van der Waals surface area (Å²) >= 11 is 0. The molecular formula is C55H85NO14. The average Bonchev–Trinajstić information content (AvgIpc) is 3.86. The molecule has 1 aliphatic carbocycles. The van der Waals surface area contributed by atoms with E-state index in [1.54, 1.807) is 41.1 Å². The number of rotatable bonds is 8. The molecule has 15 nitrogen and oxygen atoms in total. The van der Waals surface area contributed by atoms with Gasteiger partial charge in [0.1, 0.15) is 30.1 Å². The fraction of sp³-hybridized carbons (Fsp3) is 0.764. The highest BCUT2D eigenvalue weighted by Crippen LogP contribution is 2.38. The molecule has 0 aromatic rings. The third kappa shape index (κ3) is 15.1. The van der Waals surface area contributed by atoms with Crippen molar-refractivity contribution in [3.8, 4) is 0 Å². The van der Waals surface area contributed by atoms with Crippen molar-refractivity contribution in [1.29, 1.82) is 0 Å². The van der Waals surface area contributed by atoms with Gasteiger partial charge in [0.05, 0.1) is 37.1 Å². The minimum atomic E-state index is -2.43. The number of allylic oxidation sites excluding steroid dienone is 6. The van der Waals surface area contributed by atoms with E-state index < -0.39 is 77.8 Å². The van der Waals surface area contributed by atoms with E-state index in [4.69, 9.17) is 33.2 Å². The molecule has 1 amide bonds. The summed E-state index contributed by atoms with van der Waals surface area (Å²) in [6.45, 7) is 14.1. The first-order valence-corrected chi connectivity index (χ1v) is 26.0. The van der Waals surface area contributed by atoms with Gasteiger partial charge < -0.3 is 48.3 Å². The van der Waals surface area contributed by atoms with E-state index >= 15 is 0 Å². The Morgan fingerprint density at radius 3 is 2.29 bits per heavy atom. The van der Waals surface area contributed by atoms with Crippen LogP contribution in [0.1, 0.15) is 132 Å². The predicted molar refractivity (Wildman–Crippen MR) is 263 cm³/mol. The fourth-order valence-corrected chi connectivity index (χ4v) is 11.1. The van der Waals surface area contributed by atoms with E-state index in [1.165, 1.54) is 12.0 Å². The second kappa shape index (κ2) is 27.0. The standard InChI is InChI=1S/C55H85NO14/c1-33-16-12-11-13-17-34(2)46(64-8)30-41-21-19-39(7)55(63,70-41)52(60)53(61)56-24-15-14-18-43(56)54(62)69-47(31-44(57)35(3)27-38(6)50(59)51(66-10)49(58)37(5)26-33)36(4)28-40-20-22-45(48(29-40)65-9)68-42-23-25-67-32-42/h11-13,16-17,27,33,35-37,39-43,45-48,50-51,59,63H,14-15,18-26,28-32H2,1-10H3/b13-11?,16-12+,34-17?,38-27+/t33-,35-,36+,37-,39-,40?,41+,42?,43+,45?,46?,47+,48?,50?,51+,55-/m1/s1. The van der Waals surface area contributed by atoms with Gasteiger partial charge in [-0.05, 0) is 113 Å². The lowest BCUT2D eigenvalue weighted by molar-refractivity contribution is -0.265. The molecule has 2 N–H and O–H groups in total. The van der Waals surface area contributed by atoms with Crippen LogP contribution in [-0.4, -0.2) is 146 Å². The lowest BCUT2D eigenvalue weighted by Crippen LogP contribution is -2.61. The van der Waals surface area contributed by atoms with Gasteiger partial charge >= 0.3 is 5.97 Å². The molecular weight excluding hydrogens is 899 g/mol. The number of piperidine rings is 1. The van der Waals surface area contributed by atoms with Crippen LogP contribution in [0.5, 0.6) is 0 Å². The number of esters is 1. The van der Waals surface area contributed by atoms with Crippen LogP contribution in [0.15, 0.2) is 47.6 Å². The number of hydrogen-bond acceptors (Lipinski definition) is 14. The predicted octanol–water partition coefficient (Wildman–Crippen LogP) is 6.99. The summed E-state index contributed by atoms with van der Waals surface area (Å²) in [4.78, 5) is 72.4. The zero-order chi connectivity index (χ0) is 51.3. The van der Waals surface area contributed by atoms with Gasteiger partial charge in [-0.3, -0.25) is 19.2 Å². The quantitative estimate of drug-likeness (QED) is 0.144. The molecule has 4 fully saturated rings. The number of fused-ring (bicyclic) bond motifs is 3. The maximum absolute atomic E-state index is 14.5. The summed E-state index contributed by atoms with van der Waals surface area (Å²) < 4.78 is 41.9. The number of ketones is 3. The normalized spacial score (nSPS) is 39.4. The average molecular weight is 984 g/mol. The number of hydrogen-bond donors (Lipinski definition) is 2. The molecule has 0 spiro atoms. The van der Waals surface area contributed by atoms with Gasteiger partial charge in [-0.15, -0.1) is 0 Å². The first-order valence-electron chi connectivity index (χ1n) is 26.0. The Bertz CT molecular complexity index is 1890. The van der Waals surface area contributed by atoms with E-state index in [9.17, 15) is 34.2 Å². The summed E-state index contributed by atoms with van der Waals surface area (Å²) in [5.41, 5.74) is 1.28. The monoisotopic (exact) mass is 984 g/mol. The van der Waals surface area contributed by atoms with Crippen LogP contribution in [0.2, 0.25) is 0 Å². The van der Waals surface area contributed by atoms with Gasteiger partial charge in [-0.2, -0.15) is 0 Å². The van der Waals surface area contributed by atoms with Crippen LogP contribution >= 0.6 is 0 Å². The van der Waals surface area contributed by atoms with Gasteiger partial charge in [0.2, 0.25) is 5.79 Å². The number of nitrogens with zero attached hydrogens (tertiary/aromatic N) is 1. The van der Waals surface area contributed by atoms with Crippen LogP contribution < -0.4 is 0 Å². The van der Waals surface area contributed by atoms with Crippen LogP contribution in [-0.2, 0) is 57.1 Å². The lowest BCUT2D eigenvalue weighted by Gasteiger charge is -2.42. The zero-order valence-corrected chi connectivity index (χ0v) is 43.7. The van der Waals surface area contributed by atoms with Gasteiger partial charge in [-0.1, -0.05) is 71.1 Å². The number of carbonyl (C=O) groups excluding carboxylic acids is 5. The molecule has 16 atom stereocenters. The Morgan fingerprint density at radius 2 is 1.60 bits per heavy atom. The van der Waals surface area contributed by atoms with Crippen molar-refractivity contribution in [2.75, 3.05) is 41.1 Å². The van der Waals surface area contributed by atoms with Crippen molar-refractivity contribution < 1.29 is 67.3 Å². The summed E-state index contributed by atoms with van der Waals surface area (Å²) in [5, 5.41) is 23.5. The van der Waals surface area contributed by atoms with E-state index in [0.717, 1.165) is 24.8 Å². The lowest BCUT2D eigenvalue weighted by atomic mass is 9.78. The number of cyclic esters (lactones) is 1. The molecule has 70 heavy (non-hydrogen) atoms. The third-order valence-corrected chi connectivity index (χ3v) is 15.7. The smallest absolute Gasteiger partial charge is 0.329 e. The molecule has 1 saturated carbocycles. The molecule has 5 rings (SSSR count). The number of aliphatic hydroxyl groups excluding tert-OH is 1. The van der Waals surface area contributed by atoms with Crippen LogP contribution in [0.25, 0.3) is 0 Å². The Kier molecular flexibility index (Phi) is 22.2. The van der Waals surface area contributed by atoms with E-state index in [2.05, 4.69) is 0 Å². The fourth-order valence-electron chi connectivity index (χ4n) is 11.1. The van der Waals surface area contributed by atoms with Crippen LogP contribution in [0.4, 0.5) is 0 Å². The number of amides is 1. The van der Waals surface area contributed by atoms with Crippen molar-refractivity contribution in [3.63, 3.8) is 0 Å². The third-order valence-electron chi connectivity index (χ3n) is 15.7.